The van der Waals surface area contributed by atoms with Crippen LogP contribution in [0.5, 0.6) is 0 Å². The number of benzene rings is 2. The molecule has 0 saturated carbocycles. The van der Waals surface area contributed by atoms with E-state index in [0.29, 0.717) is 0 Å². The van der Waals surface area contributed by atoms with Crippen LogP contribution >= 0.6 is 11.6 Å². The Labute approximate surface area is 107 Å². The van der Waals surface area contributed by atoms with Crippen molar-refractivity contribution in [2.24, 2.45) is 0 Å². The molecule has 17 heavy (non-hydrogen) atoms. The number of aryl methyl sites for hydroxylation is 1. The molecule has 0 heterocycles. The molecule has 0 amide bonds. The molecule has 0 atom stereocenters. The lowest BCUT2D eigenvalue weighted by Gasteiger charge is -2.09. The standard InChI is InChI=1S/C15H16ClN/c1-12-7-8-14(16)11-15(12)17-10-9-13-5-3-2-4-6-13/h2-8,11,17H,9-10H2,1H3. The molecule has 0 aliphatic heterocycles. The Hall–Kier alpha value is -1.47. The zero-order valence-corrected chi connectivity index (χ0v) is 10.7. The number of anilines is 1. The van der Waals surface area contributed by atoms with E-state index in [1.54, 1.807) is 0 Å². The minimum atomic E-state index is 0.776. The molecule has 0 aromatic heterocycles. The first-order valence-corrected chi connectivity index (χ1v) is 6.17. The third kappa shape index (κ3) is 3.50. The summed E-state index contributed by atoms with van der Waals surface area (Å²) >= 11 is 5.97. The van der Waals surface area contributed by atoms with Gasteiger partial charge in [0.2, 0.25) is 0 Å². The van der Waals surface area contributed by atoms with Crippen LogP contribution < -0.4 is 5.32 Å². The van der Waals surface area contributed by atoms with Crippen LogP contribution in [-0.2, 0) is 6.42 Å². The van der Waals surface area contributed by atoms with Gasteiger partial charge in [0, 0.05) is 17.3 Å². The summed E-state index contributed by atoms with van der Waals surface area (Å²) in [5, 5.41) is 4.19. The third-order valence-corrected chi connectivity index (χ3v) is 3.01. The zero-order valence-electron chi connectivity index (χ0n) is 9.91. The van der Waals surface area contributed by atoms with Gasteiger partial charge in [0.1, 0.15) is 0 Å². The Balaban J connectivity index is 1.92. The van der Waals surface area contributed by atoms with Crippen molar-refractivity contribution in [1.82, 2.24) is 0 Å². The molecular weight excluding hydrogens is 230 g/mol. The molecule has 88 valence electrons. The largest absolute Gasteiger partial charge is 0.384 e. The molecule has 0 spiro atoms. The van der Waals surface area contributed by atoms with Gasteiger partial charge in [-0.25, -0.2) is 0 Å². The highest BCUT2D eigenvalue weighted by atomic mass is 35.5. The molecule has 2 aromatic carbocycles. The molecule has 2 rings (SSSR count). The maximum atomic E-state index is 5.97. The molecule has 0 saturated heterocycles. The van der Waals surface area contributed by atoms with Crippen molar-refractivity contribution in [3.05, 3.63) is 64.7 Å². The lowest BCUT2D eigenvalue weighted by atomic mass is 10.1. The second kappa shape index (κ2) is 5.74. The van der Waals surface area contributed by atoms with Gasteiger partial charge >= 0.3 is 0 Å². The van der Waals surface area contributed by atoms with E-state index in [2.05, 4.69) is 36.5 Å². The first-order valence-electron chi connectivity index (χ1n) is 5.79. The fourth-order valence-corrected chi connectivity index (χ4v) is 1.94. The van der Waals surface area contributed by atoms with E-state index < -0.39 is 0 Å². The number of rotatable bonds is 4. The van der Waals surface area contributed by atoms with Crippen LogP contribution in [0.4, 0.5) is 5.69 Å². The molecule has 1 nitrogen and oxygen atoms in total. The van der Waals surface area contributed by atoms with Gasteiger partial charge in [-0.05, 0) is 36.6 Å². The van der Waals surface area contributed by atoms with Crippen LogP contribution in [0.25, 0.3) is 0 Å². The summed E-state index contributed by atoms with van der Waals surface area (Å²) in [6.07, 6.45) is 1.02. The van der Waals surface area contributed by atoms with E-state index in [9.17, 15) is 0 Å². The fourth-order valence-electron chi connectivity index (χ4n) is 1.77. The van der Waals surface area contributed by atoms with Gasteiger partial charge in [0.15, 0.2) is 0 Å². The van der Waals surface area contributed by atoms with E-state index in [4.69, 9.17) is 11.6 Å². The highest BCUT2D eigenvalue weighted by Gasteiger charge is 1.98. The van der Waals surface area contributed by atoms with E-state index in [0.717, 1.165) is 23.7 Å². The Morgan fingerprint density at radius 1 is 1.06 bits per heavy atom. The number of nitrogens with one attached hydrogen (secondary N) is 1. The Bertz CT molecular complexity index is 480. The number of halogens is 1. The van der Waals surface area contributed by atoms with Gasteiger partial charge in [-0.3, -0.25) is 0 Å². The van der Waals surface area contributed by atoms with Gasteiger partial charge < -0.3 is 5.32 Å². The van der Waals surface area contributed by atoms with Crippen molar-refractivity contribution < 1.29 is 0 Å². The van der Waals surface area contributed by atoms with E-state index in [-0.39, 0.29) is 0 Å². The predicted molar refractivity (Wildman–Crippen MR) is 74.8 cm³/mol. The van der Waals surface area contributed by atoms with Crippen molar-refractivity contribution >= 4 is 17.3 Å². The van der Waals surface area contributed by atoms with Gasteiger partial charge in [-0.1, -0.05) is 48.0 Å². The second-order valence-corrected chi connectivity index (χ2v) is 4.56. The van der Waals surface area contributed by atoms with Crippen molar-refractivity contribution in [3.63, 3.8) is 0 Å². The molecule has 0 aliphatic carbocycles. The van der Waals surface area contributed by atoms with Crippen LogP contribution in [0.15, 0.2) is 48.5 Å². The predicted octanol–water partition coefficient (Wildman–Crippen LogP) is 4.30. The van der Waals surface area contributed by atoms with Gasteiger partial charge in [-0.2, -0.15) is 0 Å². The van der Waals surface area contributed by atoms with Gasteiger partial charge in [-0.15, -0.1) is 0 Å². The van der Waals surface area contributed by atoms with Crippen molar-refractivity contribution in [2.45, 2.75) is 13.3 Å². The molecule has 0 bridgehead atoms. The molecule has 2 aromatic rings. The average molecular weight is 246 g/mol. The Morgan fingerprint density at radius 3 is 2.59 bits per heavy atom. The fraction of sp³-hybridized carbons (Fsp3) is 0.200. The van der Waals surface area contributed by atoms with Crippen molar-refractivity contribution in [1.29, 1.82) is 0 Å². The smallest absolute Gasteiger partial charge is 0.0426 e. The van der Waals surface area contributed by atoms with Crippen LogP contribution in [-0.4, -0.2) is 6.54 Å². The summed E-state index contributed by atoms with van der Waals surface area (Å²) in [5.41, 5.74) is 3.69. The van der Waals surface area contributed by atoms with Crippen LogP contribution in [0.3, 0.4) is 0 Å². The molecule has 2 heteroatoms. The van der Waals surface area contributed by atoms with Crippen LogP contribution in [0.1, 0.15) is 11.1 Å². The molecule has 1 N–H and O–H groups in total. The molecule has 0 radical (unpaired) electrons. The second-order valence-electron chi connectivity index (χ2n) is 4.12. The average Bonchev–Trinajstić information content (AvgIpc) is 2.35. The molecule has 0 unspecified atom stereocenters. The Morgan fingerprint density at radius 2 is 1.82 bits per heavy atom. The molecular formula is C15H16ClN. The van der Waals surface area contributed by atoms with Crippen LogP contribution in [0.2, 0.25) is 5.02 Å². The van der Waals surface area contributed by atoms with Gasteiger partial charge in [0.25, 0.3) is 0 Å². The Kier molecular flexibility index (Phi) is 4.05. The topological polar surface area (TPSA) is 12.0 Å². The molecule has 0 fully saturated rings. The number of hydrogen-bond acceptors (Lipinski definition) is 1. The van der Waals surface area contributed by atoms with E-state index >= 15 is 0 Å². The summed E-state index contributed by atoms with van der Waals surface area (Å²) in [4.78, 5) is 0. The first kappa shape index (κ1) is 12.0. The normalized spacial score (nSPS) is 10.2. The SMILES string of the molecule is Cc1ccc(Cl)cc1NCCc1ccccc1. The summed E-state index contributed by atoms with van der Waals surface area (Å²) in [5.74, 6) is 0. The summed E-state index contributed by atoms with van der Waals surface area (Å²) < 4.78 is 0. The minimum Gasteiger partial charge on any atom is -0.384 e. The van der Waals surface area contributed by atoms with E-state index in [1.807, 2.05) is 24.3 Å². The highest BCUT2D eigenvalue weighted by molar-refractivity contribution is 6.30. The van der Waals surface area contributed by atoms with Crippen LogP contribution in [0, 0.1) is 6.92 Å². The summed E-state index contributed by atoms with van der Waals surface area (Å²) in [7, 11) is 0. The maximum absolute atomic E-state index is 5.97. The lowest BCUT2D eigenvalue weighted by molar-refractivity contribution is 1.02. The number of hydrogen-bond donors (Lipinski definition) is 1. The monoisotopic (exact) mass is 245 g/mol. The van der Waals surface area contributed by atoms with Crippen molar-refractivity contribution in [2.75, 3.05) is 11.9 Å². The van der Waals surface area contributed by atoms with E-state index in [1.165, 1.54) is 11.1 Å². The first-order chi connectivity index (χ1) is 8.25. The zero-order chi connectivity index (χ0) is 12.1. The highest BCUT2D eigenvalue weighted by Crippen LogP contribution is 2.20. The van der Waals surface area contributed by atoms with Gasteiger partial charge in [0.05, 0.1) is 0 Å². The van der Waals surface area contributed by atoms with Crippen molar-refractivity contribution in [3.8, 4) is 0 Å². The quantitative estimate of drug-likeness (QED) is 0.847. The lowest BCUT2D eigenvalue weighted by Crippen LogP contribution is -2.05. The summed E-state index contributed by atoms with van der Waals surface area (Å²) in [6.45, 7) is 3.01. The molecule has 0 aliphatic rings. The minimum absolute atomic E-state index is 0.776. The third-order valence-electron chi connectivity index (χ3n) is 2.77. The summed E-state index contributed by atoms with van der Waals surface area (Å²) in [6, 6.07) is 16.4. The maximum Gasteiger partial charge on any atom is 0.0426 e.